The van der Waals surface area contributed by atoms with Crippen molar-refractivity contribution in [3.8, 4) is 0 Å². The number of aromatic amines is 1. The highest BCUT2D eigenvalue weighted by atomic mass is 16.1. The molecule has 1 saturated heterocycles. The zero-order chi connectivity index (χ0) is 12.4. The lowest BCUT2D eigenvalue weighted by molar-refractivity contribution is 0.389. The number of aromatic nitrogens is 2. The molecule has 1 aromatic heterocycles. The van der Waals surface area contributed by atoms with Gasteiger partial charge in [0.1, 0.15) is 5.82 Å². The molecule has 0 bridgehead atoms. The van der Waals surface area contributed by atoms with Crippen LogP contribution in [0.1, 0.15) is 25.7 Å². The van der Waals surface area contributed by atoms with Gasteiger partial charge in [0, 0.05) is 25.2 Å². The minimum atomic E-state index is -0.0711. The maximum absolute atomic E-state index is 11.3. The van der Waals surface area contributed by atoms with Crippen LogP contribution in [0.3, 0.4) is 0 Å². The Balaban J connectivity index is 1.60. The summed E-state index contributed by atoms with van der Waals surface area (Å²) in [5.41, 5.74) is -0.0711. The minimum Gasteiger partial charge on any atom is -0.356 e. The van der Waals surface area contributed by atoms with Crippen LogP contribution in [0.5, 0.6) is 0 Å². The van der Waals surface area contributed by atoms with Crippen molar-refractivity contribution < 1.29 is 0 Å². The van der Waals surface area contributed by atoms with E-state index >= 15 is 0 Å². The summed E-state index contributed by atoms with van der Waals surface area (Å²) in [5.74, 6) is 1.50. The number of nitrogens with zero attached hydrogens (tertiary/aromatic N) is 2. The Morgan fingerprint density at radius 3 is 3.11 bits per heavy atom. The number of nitrogens with one attached hydrogen (secondary N) is 2. The molecular formula is C13H20N4O. The van der Waals surface area contributed by atoms with Gasteiger partial charge in [-0.2, -0.15) is 0 Å². The van der Waals surface area contributed by atoms with Gasteiger partial charge in [0.05, 0.1) is 6.33 Å². The summed E-state index contributed by atoms with van der Waals surface area (Å²) < 4.78 is 0. The van der Waals surface area contributed by atoms with Gasteiger partial charge in [-0.15, -0.1) is 0 Å². The maximum atomic E-state index is 11.3. The summed E-state index contributed by atoms with van der Waals surface area (Å²) in [5, 5.41) is 3.59. The number of anilines is 1. The maximum Gasteiger partial charge on any atom is 0.252 e. The third-order valence-electron chi connectivity index (χ3n) is 3.78. The largest absolute Gasteiger partial charge is 0.356 e. The molecular weight excluding hydrogens is 228 g/mol. The van der Waals surface area contributed by atoms with Crippen LogP contribution in [0.2, 0.25) is 0 Å². The molecule has 1 atom stereocenters. The summed E-state index contributed by atoms with van der Waals surface area (Å²) >= 11 is 0. The normalized spacial score (nSPS) is 24.2. The van der Waals surface area contributed by atoms with E-state index in [9.17, 15) is 4.79 Å². The van der Waals surface area contributed by atoms with Gasteiger partial charge in [0.2, 0.25) is 0 Å². The van der Waals surface area contributed by atoms with Gasteiger partial charge in [0.15, 0.2) is 0 Å². The van der Waals surface area contributed by atoms with Crippen molar-refractivity contribution in [1.82, 2.24) is 15.3 Å². The Kier molecular flexibility index (Phi) is 3.32. The van der Waals surface area contributed by atoms with E-state index in [1.807, 2.05) is 0 Å². The molecule has 2 N–H and O–H groups in total. The zero-order valence-electron chi connectivity index (χ0n) is 10.6. The first kappa shape index (κ1) is 11.7. The number of rotatable bonds is 4. The summed E-state index contributed by atoms with van der Waals surface area (Å²) in [6, 6.07) is 2.37. The fraction of sp³-hybridized carbons (Fsp3) is 0.692. The smallest absolute Gasteiger partial charge is 0.252 e. The summed E-state index contributed by atoms with van der Waals surface area (Å²) in [4.78, 5) is 20.4. The average Bonchev–Trinajstić information content (AvgIpc) is 3.21. The van der Waals surface area contributed by atoms with E-state index in [1.54, 1.807) is 6.07 Å². The van der Waals surface area contributed by atoms with Gasteiger partial charge >= 0.3 is 0 Å². The number of hydrogen-bond donors (Lipinski definition) is 2. The second-order valence-corrected chi connectivity index (χ2v) is 5.41. The van der Waals surface area contributed by atoms with Gasteiger partial charge in [-0.25, -0.2) is 4.98 Å². The van der Waals surface area contributed by atoms with E-state index in [2.05, 4.69) is 20.2 Å². The molecule has 2 fully saturated rings. The van der Waals surface area contributed by atoms with Gasteiger partial charge < -0.3 is 15.2 Å². The first-order valence-corrected chi connectivity index (χ1v) is 6.84. The lowest BCUT2D eigenvalue weighted by Gasteiger charge is -2.33. The van der Waals surface area contributed by atoms with E-state index in [0.29, 0.717) is 5.92 Å². The molecule has 0 aromatic carbocycles. The van der Waals surface area contributed by atoms with Crippen LogP contribution >= 0.6 is 0 Å². The van der Waals surface area contributed by atoms with Crippen LogP contribution in [0.4, 0.5) is 5.82 Å². The topological polar surface area (TPSA) is 61.0 Å². The first-order chi connectivity index (χ1) is 8.81. The van der Waals surface area contributed by atoms with Crippen molar-refractivity contribution in [2.45, 2.75) is 31.7 Å². The van der Waals surface area contributed by atoms with Gasteiger partial charge in [-0.05, 0) is 38.1 Å². The van der Waals surface area contributed by atoms with Crippen LogP contribution in [0.15, 0.2) is 17.2 Å². The van der Waals surface area contributed by atoms with Crippen molar-refractivity contribution in [2.75, 3.05) is 24.5 Å². The minimum absolute atomic E-state index is 0.0711. The summed E-state index contributed by atoms with van der Waals surface area (Å²) in [6.45, 7) is 3.12. The average molecular weight is 248 g/mol. The SMILES string of the molecule is O=c1cc(N2CCCC(CNC3CC3)C2)nc[nH]1. The predicted molar refractivity (Wildman–Crippen MR) is 70.8 cm³/mol. The van der Waals surface area contributed by atoms with Gasteiger partial charge in [-0.3, -0.25) is 4.79 Å². The standard InChI is InChI=1S/C13H20N4O/c18-13-6-12(15-9-16-13)17-5-1-2-10(8-17)7-14-11-3-4-11/h6,9-11,14H,1-5,7-8H2,(H,15,16,18). The summed E-state index contributed by atoms with van der Waals surface area (Å²) in [7, 11) is 0. The van der Waals surface area contributed by atoms with Crippen molar-refractivity contribution in [1.29, 1.82) is 0 Å². The molecule has 18 heavy (non-hydrogen) atoms. The van der Waals surface area contributed by atoms with Crippen molar-refractivity contribution in [3.63, 3.8) is 0 Å². The molecule has 1 saturated carbocycles. The Morgan fingerprint density at radius 1 is 1.44 bits per heavy atom. The summed E-state index contributed by atoms with van der Waals surface area (Å²) in [6.07, 6.45) is 6.63. The Morgan fingerprint density at radius 2 is 2.33 bits per heavy atom. The lowest BCUT2D eigenvalue weighted by atomic mass is 9.98. The zero-order valence-corrected chi connectivity index (χ0v) is 10.6. The molecule has 1 aliphatic carbocycles. The van der Waals surface area contributed by atoms with E-state index in [0.717, 1.165) is 31.5 Å². The molecule has 1 unspecified atom stereocenters. The molecule has 2 aliphatic rings. The van der Waals surface area contributed by atoms with Crippen molar-refractivity contribution >= 4 is 5.82 Å². The monoisotopic (exact) mass is 248 g/mol. The second kappa shape index (κ2) is 5.10. The molecule has 1 aliphatic heterocycles. The van der Waals surface area contributed by atoms with Gasteiger partial charge in [-0.1, -0.05) is 0 Å². The van der Waals surface area contributed by atoms with Crippen LogP contribution < -0.4 is 15.8 Å². The van der Waals surface area contributed by atoms with Crippen LogP contribution in [-0.4, -0.2) is 35.6 Å². The second-order valence-electron chi connectivity index (χ2n) is 5.41. The number of piperidine rings is 1. The van der Waals surface area contributed by atoms with Crippen LogP contribution in [-0.2, 0) is 0 Å². The molecule has 0 radical (unpaired) electrons. The lowest BCUT2D eigenvalue weighted by Crippen LogP contribution is -2.40. The van der Waals surface area contributed by atoms with Gasteiger partial charge in [0.25, 0.3) is 5.56 Å². The first-order valence-electron chi connectivity index (χ1n) is 6.84. The fourth-order valence-electron chi connectivity index (χ4n) is 2.59. The fourth-order valence-corrected chi connectivity index (χ4v) is 2.59. The highest BCUT2D eigenvalue weighted by molar-refractivity contribution is 5.36. The van der Waals surface area contributed by atoms with Crippen molar-refractivity contribution in [2.24, 2.45) is 5.92 Å². The van der Waals surface area contributed by atoms with E-state index < -0.39 is 0 Å². The third kappa shape index (κ3) is 2.90. The molecule has 1 aromatic rings. The highest BCUT2D eigenvalue weighted by Gasteiger charge is 2.25. The highest BCUT2D eigenvalue weighted by Crippen LogP contribution is 2.23. The molecule has 5 heteroatoms. The molecule has 0 spiro atoms. The predicted octanol–water partition coefficient (Wildman–Crippen LogP) is 0.738. The van der Waals surface area contributed by atoms with Crippen LogP contribution in [0.25, 0.3) is 0 Å². The number of H-pyrrole nitrogens is 1. The molecule has 98 valence electrons. The van der Waals surface area contributed by atoms with Crippen LogP contribution in [0, 0.1) is 5.92 Å². The van der Waals surface area contributed by atoms with E-state index in [-0.39, 0.29) is 5.56 Å². The molecule has 0 amide bonds. The quantitative estimate of drug-likeness (QED) is 0.825. The van der Waals surface area contributed by atoms with E-state index in [1.165, 1.54) is 32.0 Å². The molecule has 2 heterocycles. The number of hydrogen-bond acceptors (Lipinski definition) is 4. The molecule has 5 nitrogen and oxygen atoms in total. The van der Waals surface area contributed by atoms with E-state index in [4.69, 9.17) is 0 Å². The molecule has 3 rings (SSSR count). The Hall–Kier alpha value is -1.36. The Bertz CT molecular complexity index is 454. The van der Waals surface area contributed by atoms with Crippen molar-refractivity contribution in [3.05, 3.63) is 22.7 Å². The Labute approximate surface area is 107 Å². The third-order valence-corrected chi connectivity index (χ3v) is 3.78.